The van der Waals surface area contributed by atoms with E-state index in [0.29, 0.717) is 13.0 Å². The maximum absolute atomic E-state index is 12.4. The van der Waals surface area contributed by atoms with Gasteiger partial charge in [-0.15, -0.1) is 0 Å². The molecule has 1 aliphatic carbocycles. The zero-order chi connectivity index (χ0) is 16.3. The third kappa shape index (κ3) is 3.29. The normalized spacial score (nSPS) is 30.9. The van der Waals surface area contributed by atoms with Crippen LogP contribution in [0.2, 0.25) is 0 Å². The average molecular weight is 317 g/mol. The van der Waals surface area contributed by atoms with E-state index in [1.807, 2.05) is 25.1 Å². The molecule has 1 aromatic rings. The highest BCUT2D eigenvalue weighted by Gasteiger charge is 2.59. The Kier molecular flexibility index (Phi) is 5.02. The maximum atomic E-state index is 12.4. The summed E-state index contributed by atoms with van der Waals surface area (Å²) in [6.07, 6.45) is 3.54. The Bertz CT molecular complexity index is 525. The lowest BCUT2D eigenvalue weighted by atomic mass is 9.70. The molecule has 4 heteroatoms. The molecule has 2 aliphatic rings. The summed E-state index contributed by atoms with van der Waals surface area (Å²) in [6.45, 7) is 5.58. The van der Waals surface area contributed by atoms with Crippen LogP contribution in [0.15, 0.2) is 30.3 Å². The molecule has 4 nitrogen and oxygen atoms in total. The minimum atomic E-state index is -0.276. The second-order valence-corrected chi connectivity index (χ2v) is 6.72. The first kappa shape index (κ1) is 16.5. The van der Waals surface area contributed by atoms with E-state index >= 15 is 0 Å². The summed E-state index contributed by atoms with van der Waals surface area (Å²) < 4.78 is 11.8. The third-order valence-electron chi connectivity index (χ3n) is 5.23. The summed E-state index contributed by atoms with van der Waals surface area (Å²) >= 11 is 0. The Morgan fingerprint density at radius 1 is 1.43 bits per heavy atom. The molecule has 1 saturated heterocycles. The van der Waals surface area contributed by atoms with Gasteiger partial charge in [0, 0.05) is 19.6 Å². The lowest BCUT2D eigenvalue weighted by molar-refractivity contribution is -0.198. The van der Waals surface area contributed by atoms with E-state index in [2.05, 4.69) is 24.4 Å². The van der Waals surface area contributed by atoms with E-state index in [1.54, 1.807) is 0 Å². The van der Waals surface area contributed by atoms with Crippen LogP contribution in [0.1, 0.15) is 51.0 Å². The monoisotopic (exact) mass is 317 g/mol. The van der Waals surface area contributed by atoms with E-state index in [4.69, 9.17) is 9.47 Å². The van der Waals surface area contributed by atoms with Gasteiger partial charge in [0.1, 0.15) is 5.60 Å². The summed E-state index contributed by atoms with van der Waals surface area (Å²) in [7, 11) is 0. The van der Waals surface area contributed by atoms with Crippen LogP contribution in [-0.4, -0.2) is 36.9 Å². The van der Waals surface area contributed by atoms with Crippen LogP contribution >= 0.6 is 0 Å². The number of hydrogen-bond acceptors (Lipinski definition) is 3. The van der Waals surface area contributed by atoms with Crippen molar-refractivity contribution in [2.75, 3.05) is 13.2 Å². The molecule has 126 valence electrons. The molecular formula is C19H27NO3. The van der Waals surface area contributed by atoms with Gasteiger partial charge >= 0.3 is 0 Å². The first-order valence-corrected chi connectivity index (χ1v) is 8.75. The van der Waals surface area contributed by atoms with Gasteiger partial charge in [0.2, 0.25) is 5.91 Å². The Morgan fingerprint density at radius 3 is 2.87 bits per heavy atom. The molecule has 1 aromatic carbocycles. The van der Waals surface area contributed by atoms with Gasteiger partial charge in [-0.3, -0.25) is 4.79 Å². The van der Waals surface area contributed by atoms with E-state index < -0.39 is 0 Å². The van der Waals surface area contributed by atoms with Crippen LogP contribution < -0.4 is 5.32 Å². The van der Waals surface area contributed by atoms with Crippen LogP contribution in [0.4, 0.5) is 0 Å². The molecule has 0 bridgehead atoms. The van der Waals surface area contributed by atoms with Crippen molar-refractivity contribution < 1.29 is 14.3 Å². The molecule has 3 rings (SSSR count). The van der Waals surface area contributed by atoms with E-state index in [-0.39, 0.29) is 29.6 Å². The average Bonchev–Trinajstić information content (AvgIpc) is 3.07. The predicted octanol–water partition coefficient (Wildman–Crippen LogP) is 3.02. The minimum absolute atomic E-state index is 0.0945. The van der Waals surface area contributed by atoms with Crippen molar-refractivity contribution in [1.82, 2.24) is 5.32 Å². The second kappa shape index (κ2) is 7.02. The van der Waals surface area contributed by atoms with E-state index in [1.165, 1.54) is 5.56 Å². The van der Waals surface area contributed by atoms with Crippen molar-refractivity contribution in [3.05, 3.63) is 35.9 Å². The van der Waals surface area contributed by atoms with Crippen molar-refractivity contribution in [2.24, 2.45) is 0 Å². The van der Waals surface area contributed by atoms with Crippen molar-refractivity contribution in [3.63, 3.8) is 0 Å². The van der Waals surface area contributed by atoms with Crippen molar-refractivity contribution in [3.8, 4) is 0 Å². The summed E-state index contributed by atoms with van der Waals surface area (Å²) in [4.78, 5) is 12.4. The fourth-order valence-electron chi connectivity index (χ4n) is 3.91. The zero-order valence-electron chi connectivity index (χ0n) is 14.1. The van der Waals surface area contributed by atoms with Gasteiger partial charge in [-0.2, -0.15) is 0 Å². The van der Waals surface area contributed by atoms with Crippen molar-refractivity contribution >= 4 is 5.91 Å². The molecule has 1 amide bonds. The van der Waals surface area contributed by atoms with E-state index in [0.717, 1.165) is 25.9 Å². The van der Waals surface area contributed by atoms with Gasteiger partial charge in [0.15, 0.2) is 0 Å². The number of rotatable bonds is 6. The number of carbonyl (C=O) groups is 1. The molecular weight excluding hydrogens is 290 g/mol. The van der Waals surface area contributed by atoms with Gasteiger partial charge in [-0.25, -0.2) is 0 Å². The molecule has 1 N–H and O–H groups in total. The maximum Gasteiger partial charge on any atom is 0.220 e. The number of benzene rings is 1. The molecule has 4 atom stereocenters. The van der Waals surface area contributed by atoms with Crippen LogP contribution in [0.5, 0.6) is 0 Å². The number of carbonyl (C=O) groups excluding carboxylic acids is 1. The molecule has 0 aromatic heterocycles. The first-order valence-electron chi connectivity index (χ1n) is 8.75. The van der Waals surface area contributed by atoms with E-state index in [9.17, 15) is 4.79 Å². The third-order valence-corrected chi connectivity index (χ3v) is 5.23. The Labute approximate surface area is 138 Å². The molecule has 0 unspecified atom stereocenters. The highest BCUT2D eigenvalue weighted by Crippen LogP contribution is 2.45. The van der Waals surface area contributed by atoms with Gasteiger partial charge < -0.3 is 14.8 Å². The van der Waals surface area contributed by atoms with Crippen LogP contribution in [-0.2, 0) is 14.3 Å². The second-order valence-electron chi connectivity index (χ2n) is 6.72. The van der Waals surface area contributed by atoms with Crippen molar-refractivity contribution in [2.45, 2.75) is 63.2 Å². The molecule has 1 saturated carbocycles. The highest BCUT2D eigenvalue weighted by molar-refractivity contribution is 5.77. The molecule has 0 radical (unpaired) electrons. The lowest BCUT2D eigenvalue weighted by Crippen LogP contribution is -2.69. The molecule has 2 fully saturated rings. The smallest absolute Gasteiger partial charge is 0.220 e. The fraction of sp³-hybridized carbons (Fsp3) is 0.632. The largest absolute Gasteiger partial charge is 0.375 e. The van der Waals surface area contributed by atoms with Crippen LogP contribution in [0, 0.1) is 0 Å². The summed E-state index contributed by atoms with van der Waals surface area (Å²) in [5, 5.41) is 3.19. The fourth-order valence-corrected chi connectivity index (χ4v) is 3.91. The number of amides is 1. The van der Waals surface area contributed by atoms with Gasteiger partial charge in [-0.1, -0.05) is 37.3 Å². The Balaban J connectivity index is 1.56. The summed E-state index contributed by atoms with van der Waals surface area (Å²) in [6, 6.07) is 10.3. The predicted molar refractivity (Wildman–Crippen MR) is 89.4 cm³/mol. The van der Waals surface area contributed by atoms with Gasteiger partial charge in [0.25, 0.3) is 0 Å². The number of nitrogens with one attached hydrogen (secondary N) is 1. The Hall–Kier alpha value is -1.39. The van der Waals surface area contributed by atoms with Crippen molar-refractivity contribution in [1.29, 1.82) is 0 Å². The molecule has 1 aliphatic heterocycles. The zero-order valence-corrected chi connectivity index (χ0v) is 14.1. The summed E-state index contributed by atoms with van der Waals surface area (Å²) in [5.74, 6) is 0.329. The standard InChI is InChI=1S/C19H27NO3/c1-3-22-17-13-16(19(17)10-7-11-23-19)20-18(21)12-14(2)15-8-5-4-6-9-15/h4-6,8-9,14,16-17H,3,7,10-13H2,1-2H3,(H,20,21)/t14-,16-,17+,19+/m0/s1. The van der Waals surface area contributed by atoms with Crippen LogP contribution in [0.3, 0.4) is 0 Å². The summed E-state index contributed by atoms with van der Waals surface area (Å²) in [5.41, 5.74) is 0.928. The lowest BCUT2D eigenvalue weighted by Gasteiger charge is -2.52. The molecule has 1 heterocycles. The van der Waals surface area contributed by atoms with Gasteiger partial charge in [-0.05, 0) is 37.7 Å². The SMILES string of the molecule is CCO[C@@H]1C[C@H](NC(=O)C[C@H](C)c2ccccc2)[C@]12CCCO2. The highest BCUT2D eigenvalue weighted by atomic mass is 16.6. The quantitative estimate of drug-likeness (QED) is 0.877. The molecule has 1 spiro atoms. The number of ether oxygens (including phenoxy) is 2. The van der Waals surface area contributed by atoms with Crippen LogP contribution in [0.25, 0.3) is 0 Å². The minimum Gasteiger partial charge on any atom is -0.375 e. The molecule has 23 heavy (non-hydrogen) atoms. The topological polar surface area (TPSA) is 47.6 Å². The first-order chi connectivity index (χ1) is 11.2. The van der Waals surface area contributed by atoms with Gasteiger partial charge in [0.05, 0.1) is 12.1 Å². The Morgan fingerprint density at radius 2 is 2.22 bits per heavy atom. The number of hydrogen-bond donors (Lipinski definition) is 1.